The van der Waals surface area contributed by atoms with Gasteiger partial charge >= 0.3 is 0 Å². The van der Waals surface area contributed by atoms with Crippen LogP contribution in [-0.4, -0.2) is 35.5 Å². The highest BCUT2D eigenvalue weighted by Crippen LogP contribution is 2.30. The number of nitrogens with one attached hydrogen (secondary N) is 1. The first-order valence-corrected chi connectivity index (χ1v) is 7.54. The molecule has 1 saturated heterocycles. The lowest BCUT2D eigenvalue weighted by Gasteiger charge is -2.41. The van der Waals surface area contributed by atoms with E-state index >= 15 is 0 Å². The SMILES string of the molecule is CNC1(C)CCN(C(C)c2ccc(C)c([N+](=O)[O-])c2)CC1. The summed E-state index contributed by atoms with van der Waals surface area (Å²) in [4.78, 5) is 13.2. The molecule has 0 amide bonds. The number of aryl methyl sites for hydroxylation is 1. The van der Waals surface area contributed by atoms with Crippen molar-refractivity contribution < 1.29 is 4.92 Å². The molecule has 1 heterocycles. The largest absolute Gasteiger partial charge is 0.314 e. The minimum Gasteiger partial charge on any atom is -0.314 e. The van der Waals surface area contributed by atoms with Crippen LogP contribution in [0.5, 0.6) is 0 Å². The molecule has 0 saturated carbocycles. The Bertz CT molecular complexity index is 522. The average Bonchev–Trinajstić information content (AvgIpc) is 2.47. The smallest absolute Gasteiger partial charge is 0.272 e. The summed E-state index contributed by atoms with van der Waals surface area (Å²) in [5, 5.41) is 14.5. The van der Waals surface area contributed by atoms with Crippen LogP contribution in [0.3, 0.4) is 0 Å². The average molecular weight is 291 g/mol. The Labute approximate surface area is 126 Å². The summed E-state index contributed by atoms with van der Waals surface area (Å²) < 4.78 is 0. The van der Waals surface area contributed by atoms with E-state index in [0.717, 1.165) is 37.1 Å². The van der Waals surface area contributed by atoms with E-state index in [1.807, 2.05) is 19.2 Å². The van der Waals surface area contributed by atoms with Crippen molar-refractivity contribution in [1.82, 2.24) is 10.2 Å². The van der Waals surface area contributed by atoms with Gasteiger partial charge < -0.3 is 5.32 Å². The Kier molecular flexibility index (Phi) is 4.64. The van der Waals surface area contributed by atoms with Gasteiger partial charge in [-0.05, 0) is 46.2 Å². The van der Waals surface area contributed by atoms with Crippen LogP contribution in [-0.2, 0) is 0 Å². The molecule has 0 bridgehead atoms. The zero-order valence-corrected chi connectivity index (χ0v) is 13.3. The fourth-order valence-electron chi connectivity index (χ4n) is 2.95. The fraction of sp³-hybridized carbons (Fsp3) is 0.625. The summed E-state index contributed by atoms with van der Waals surface area (Å²) in [5.41, 5.74) is 2.18. The molecule has 1 N–H and O–H groups in total. The van der Waals surface area contributed by atoms with Crippen LogP contribution in [0.25, 0.3) is 0 Å². The topological polar surface area (TPSA) is 58.4 Å². The molecule has 1 unspecified atom stereocenters. The number of nitrogens with zero attached hydrogens (tertiary/aromatic N) is 2. The zero-order chi connectivity index (χ0) is 15.6. The highest BCUT2D eigenvalue weighted by Gasteiger charge is 2.30. The predicted molar refractivity (Wildman–Crippen MR) is 84.5 cm³/mol. The molecule has 0 aliphatic carbocycles. The van der Waals surface area contributed by atoms with Crippen molar-refractivity contribution in [2.45, 2.75) is 45.2 Å². The number of piperidine rings is 1. The third-order valence-electron chi connectivity index (χ3n) is 4.97. The second-order valence-corrected chi connectivity index (χ2v) is 6.33. The normalized spacial score (nSPS) is 20.2. The third kappa shape index (κ3) is 3.41. The van der Waals surface area contributed by atoms with E-state index in [1.165, 1.54) is 0 Å². The summed E-state index contributed by atoms with van der Waals surface area (Å²) in [6.07, 6.45) is 2.20. The molecule has 2 rings (SSSR count). The zero-order valence-electron chi connectivity index (χ0n) is 13.3. The number of rotatable bonds is 4. The van der Waals surface area contributed by atoms with Crippen molar-refractivity contribution in [1.29, 1.82) is 0 Å². The van der Waals surface area contributed by atoms with Gasteiger partial charge in [-0.2, -0.15) is 0 Å². The molecule has 1 aromatic carbocycles. The minimum absolute atomic E-state index is 0.214. The van der Waals surface area contributed by atoms with Gasteiger partial charge in [-0.1, -0.05) is 12.1 Å². The molecular weight excluding hydrogens is 266 g/mol. The first-order valence-electron chi connectivity index (χ1n) is 7.54. The van der Waals surface area contributed by atoms with E-state index in [4.69, 9.17) is 0 Å². The van der Waals surface area contributed by atoms with Crippen LogP contribution in [0, 0.1) is 17.0 Å². The molecule has 1 aliphatic heterocycles. The van der Waals surface area contributed by atoms with Gasteiger partial charge in [0.1, 0.15) is 0 Å². The summed E-state index contributed by atoms with van der Waals surface area (Å²) in [7, 11) is 2.02. The molecule has 1 aromatic rings. The van der Waals surface area contributed by atoms with Gasteiger partial charge in [0, 0.05) is 36.3 Å². The highest BCUT2D eigenvalue weighted by atomic mass is 16.6. The quantitative estimate of drug-likeness (QED) is 0.684. The molecule has 1 fully saturated rings. The number of hydrogen-bond acceptors (Lipinski definition) is 4. The van der Waals surface area contributed by atoms with Crippen molar-refractivity contribution in [3.05, 3.63) is 39.4 Å². The maximum absolute atomic E-state index is 11.1. The van der Waals surface area contributed by atoms with Gasteiger partial charge in [0.05, 0.1) is 4.92 Å². The Balaban J connectivity index is 2.12. The van der Waals surface area contributed by atoms with Crippen molar-refractivity contribution >= 4 is 5.69 Å². The maximum atomic E-state index is 11.1. The van der Waals surface area contributed by atoms with Crippen LogP contribution in [0.2, 0.25) is 0 Å². The Morgan fingerprint density at radius 2 is 2.00 bits per heavy atom. The number of nitro groups is 1. The number of nitro benzene ring substituents is 1. The lowest BCUT2D eigenvalue weighted by Crippen LogP contribution is -2.50. The Hall–Kier alpha value is -1.46. The molecule has 5 nitrogen and oxygen atoms in total. The Morgan fingerprint density at radius 3 is 2.52 bits per heavy atom. The van der Waals surface area contributed by atoms with Crippen molar-refractivity contribution in [2.75, 3.05) is 20.1 Å². The summed E-state index contributed by atoms with van der Waals surface area (Å²) in [6.45, 7) is 8.20. The lowest BCUT2D eigenvalue weighted by atomic mass is 9.88. The Morgan fingerprint density at radius 1 is 1.38 bits per heavy atom. The lowest BCUT2D eigenvalue weighted by molar-refractivity contribution is -0.385. The molecule has 0 radical (unpaired) electrons. The van der Waals surface area contributed by atoms with Crippen molar-refractivity contribution in [3.8, 4) is 0 Å². The van der Waals surface area contributed by atoms with Crippen LogP contribution < -0.4 is 5.32 Å². The van der Waals surface area contributed by atoms with E-state index < -0.39 is 0 Å². The van der Waals surface area contributed by atoms with E-state index in [2.05, 4.69) is 24.1 Å². The highest BCUT2D eigenvalue weighted by molar-refractivity contribution is 5.43. The summed E-state index contributed by atoms with van der Waals surface area (Å²) in [5.74, 6) is 0. The first-order chi connectivity index (χ1) is 9.86. The molecule has 1 atom stereocenters. The molecule has 0 spiro atoms. The fourth-order valence-corrected chi connectivity index (χ4v) is 2.95. The molecule has 0 aromatic heterocycles. The van der Waals surface area contributed by atoms with Crippen molar-refractivity contribution in [2.24, 2.45) is 0 Å². The van der Waals surface area contributed by atoms with Gasteiger partial charge in [-0.15, -0.1) is 0 Å². The van der Waals surface area contributed by atoms with E-state index in [0.29, 0.717) is 0 Å². The van der Waals surface area contributed by atoms with E-state index in [-0.39, 0.29) is 22.2 Å². The van der Waals surface area contributed by atoms with Crippen LogP contribution in [0.15, 0.2) is 18.2 Å². The third-order valence-corrected chi connectivity index (χ3v) is 4.97. The van der Waals surface area contributed by atoms with Gasteiger partial charge in [0.25, 0.3) is 5.69 Å². The van der Waals surface area contributed by atoms with Crippen molar-refractivity contribution in [3.63, 3.8) is 0 Å². The number of hydrogen-bond donors (Lipinski definition) is 1. The second-order valence-electron chi connectivity index (χ2n) is 6.33. The van der Waals surface area contributed by atoms with Gasteiger partial charge in [-0.3, -0.25) is 15.0 Å². The van der Waals surface area contributed by atoms with E-state index in [1.54, 1.807) is 13.0 Å². The molecule has 21 heavy (non-hydrogen) atoms. The second kappa shape index (κ2) is 6.12. The number of benzene rings is 1. The molecular formula is C16H25N3O2. The first kappa shape index (κ1) is 15.9. The molecule has 116 valence electrons. The van der Waals surface area contributed by atoms with Gasteiger partial charge in [-0.25, -0.2) is 0 Å². The monoisotopic (exact) mass is 291 g/mol. The maximum Gasteiger partial charge on any atom is 0.272 e. The van der Waals surface area contributed by atoms with Crippen LogP contribution in [0.1, 0.15) is 43.9 Å². The van der Waals surface area contributed by atoms with Crippen LogP contribution in [0.4, 0.5) is 5.69 Å². The van der Waals surface area contributed by atoms with Gasteiger partial charge in [0.2, 0.25) is 0 Å². The minimum atomic E-state index is -0.292. The predicted octanol–water partition coefficient (Wildman–Crippen LogP) is 3.04. The van der Waals surface area contributed by atoms with Gasteiger partial charge in [0.15, 0.2) is 0 Å². The van der Waals surface area contributed by atoms with Crippen LogP contribution >= 0.6 is 0 Å². The van der Waals surface area contributed by atoms with E-state index in [9.17, 15) is 10.1 Å². The summed E-state index contributed by atoms with van der Waals surface area (Å²) in [6, 6.07) is 5.81. The molecule has 1 aliphatic rings. The standard InChI is InChI=1S/C16H25N3O2/c1-12-5-6-14(11-15(12)19(20)21)13(2)18-9-7-16(3,17-4)8-10-18/h5-6,11,13,17H,7-10H2,1-4H3. The molecule has 5 heteroatoms. The summed E-state index contributed by atoms with van der Waals surface area (Å²) >= 11 is 0. The number of likely N-dealkylation sites (tertiary alicyclic amines) is 1.